The molecule has 0 bridgehead atoms. The Balaban J connectivity index is 1.84. The predicted molar refractivity (Wildman–Crippen MR) is 99.9 cm³/mol. The quantitative estimate of drug-likeness (QED) is 0.731. The van der Waals surface area contributed by atoms with Gasteiger partial charge in [0.05, 0.1) is 6.04 Å². The summed E-state index contributed by atoms with van der Waals surface area (Å²) in [4.78, 5) is 14.7. The zero-order valence-corrected chi connectivity index (χ0v) is 15.3. The zero-order chi connectivity index (χ0) is 17.2. The van der Waals surface area contributed by atoms with Gasteiger partial charge in [-0.1, -0.05) is 44.2 Å². The normalized spacial score (nSPS) is 17.0. The molecule has 0 radical (unpaired) electrons. The van der Waals surface area contributed by atoms with E-state index in [0.717, 1.165) is 32.6 Å². The number of hydrogen-bond donors (Lipinski definition) is 2. The first-order valence-corrected chi connectivity index (χ1v) is 9.51. The summed E-state index contributed by atoms with van der Waals surface area (Å²) in [5, 5.41) is 6.55. The van der Waals surface area contributed by atoms with E-state index in [1.54, 1.807) is 0 Å². The van der Waals surface area contributed by atoms with Crippen molar-refractivity contribution in [2.24, 2.45) is 5.92 Å². The molecule has 1 heterocycles. The van der Waals surface area contributed by atoms with E-state index in [1.165, 1.54) is 18.4 Å². The number of amides is 1. The number of rotatable bonds is 9. The van der Waals surface area contributed by atoms with E-state index in [-0.39, 0.29) is 11.9 Å². The maximum Gasteiger partial charge on any atom is 0.220 e. The lowest BCUT2D eigenvalue weighted by atomic mass is 9.93. The van der Waals surface area contributed by atoms with Gasteiger partial charge in [-0.3, -0.25) is 9.69 Å². The lowest BCUT2D eigenvalue weighted by Gasteiger charge is -2.30. The molecular formula is C20H33N3O. The summed E-state index contributed by atoms with van der Waals surface area (Å²) in [6, 6.07) is 10.8. The molecule has 1 aromatic carbocycles. The molecular weight excluding hydrogens is 298 g/mol. The standard InChI is InChI=1S/C20H33N3O/c1-3-23(4-2)19(18-8-6-5-7-9-18)16-22-20(24)11-10-17-12-14-21-15-13-17/h5-9,17,19,21H,3-4,10-16H2,1-2H3,(H,22,24). The summed E-state index contributed by atoms with van der Waals surface area (Å²) < 4.78 is 0. The van der Waals surface area contributed by atoms with E-state index in [2.05, 4.69) is 53.6 Å². The number of nitrogens with one attached hydrogen (secondary N) is 2. The molecule has 0 spiro atoms. The van der Waals surface area contributed by atoms with Crippen molar-refractivity contribution >= 4 is 5.91 Å². The highest BCUT2D eigenvalue weighted by molar-refractivity contribution is 5.75. The Bertz CT molecular complexity index is 467. The van der Waals surface area contributed by atoms with Gasteiger partial charge in [-0.2, -0.15) is 0 Å². The number of carbonyl (C=O) groups is 1. The molecule has 24 heavy (non-hydrogen) atoms. The number of benzene rings is 1. The van der Waals surface area contributed by atoms with Crippen LogP contribution in [-0.2, 0) is 4.79 Å². The van der Waals surface area contributed by atoms with E-state index >= 15 is 0 Å². The van der Waals surface area contributed by atoms with Gasteiger partial charge in [0.15, 0.2) is 0 Å². The van der Waals surface area contributed by atoms with Crippen LogP contribution in [0.1, 0.15) is 51.1 Å². The van der Waals surface area contributed by atoms with Crippen LogP contribution < -0.4 is 10.6 Å². The maximum atomic E-state index is 12.3. The monoisotopic (exact) mass is 331 g/mol. The van der Waals surface area contributed by atoms with Crippen LogP contribution in [0.15, 0.2) is 30.3 Å². The second kappa shape index (κ2) is 10.5. The van der Waals surface area contributed by atoms with Gasteiger partial charge in [0.25, 0.3) is 0 Å². The van der Waals surface area contributed by atoms with Gasteiger partial charge in [0, 0.05) is 13.0 Å². The van der Waals surface area contributed by atoms with Crippen LogP contribution in [0, 0.1) is 5.92 Å². The Labute approximate surface area is 147 Å². The fourth-order valence-electron chi connectivity index (χ4n) is 3.60. The highest BCUT2D eigenvalue weighted by atomic mass is 16.1. The van der Waals surface area contributed by atoms with Crippen molar-refractivity contribution in [2.75, 3.05) is 32.7 Å². The molecule has 0 saturated carbocycles. The minimum atomic E-state index is 0.196. The van der Waals surface area contributed by atoms with Crippen LogP contribution in [-0.4, -0.2) is 43.5 Å². The van der Waals surface area contributed by atoms with E-state index in [4.69, 9.17) is 0 Å². The van der Waals surface area contributed by atoms with Crippen molar-refractivity contribution < 1.29 is 4.79 Å². The topological polar surface area (TPSA) is 44.4 Å². The van der Waals surface area contributed by atoms with Crippen LogP contribution in [0.4, 0.5) is 0 Å². The van der Waals surface area contributed by atoms with E-state index < -0.39 is 0 Å². The Morgan fingerprint density at radius 2 is 1.88 bits per heavy atom. The second-order valence-corrected chi connectivity index (χ2v) is 6.68. The number of nitrogens with zero attached hydrogens (tertiary/aromatic N) is 1. The summed E-state index contributed by atoms with van der Waals surface area (Å²) in [5.74, 6) is 0.909. The average molecular weight is 332 g/mol. The summed E-state index contributed by atoms with van der Waals surface area (Å²) in [7, 11) is 0. The molecule has 1 amide bonds. The van der Waals surface area contributed by atoms with Crippen molar-refractivity contribution in [3.05, 3.63) is 35.9 Å². The fraction of sp³-hybridized carbons (Fsp3) is 0.650. The first kappa shape index (κ1) is 18.9. The zero-order valence-electron chi connectivity index (χ0n) is 15.3. The van der Waals surface area contributed by atoms with Crippen LogP contribution in [0.2, 0.25) is 0 Å². The third-order valence-electron chi connectivity index (χ3n) is 5.17. The number of carbonyl (C=O) groups excluding carboxylic acids is 1. The van der Waals surface area contributed by atoms with E-state index in [1.807, 2.05) is 6.07 Å². The highest BCUT2D eigenvalue weighted by Crippen LogP contribution is 2.20. The average Bonchev–Trinajstić information content (AvgIpc) is 2.65. The maximum absolute atomic E-state index is 12.3. The lowest BCUT2D eigenvalue weighted by Crippen LogP contribution is -2.38. The Morgan fingerprint density at radius 1 is 1.21 bits per heavy atom. The molecule has 134 valence electrons. The van der Waals surface area contributed by atoms with Gasteiger partial charge in [-0.05, 0) is 56.9 Å². The lowest BCUT2D eigenvalue weighted by molar-refractivity contribution is -0.121. The first-order valence-electron chi connectivity index (χ1n) is 9.51. The highest BCUT2D eigenvalue weighted by Gasteiger charge is 2.19. The smallest absolute Gasteiger partial charge is 0.220 e. The summed E-state index contributed by atoms with van der Waals surface area (Å²) in [6.07, 6.45) is 4.10. The predicted octanol–water partition coefficient (Wildman–Crippen LogP) is 2.97. The Kier molecular flexibility index (Phi) is 8.26. The van der Waals surface area contributed by atoms with Crippen molar-refractivity contribution in [1.29, 1.82) is 0 Å². The van der Waals surface area contributed by atoms with Crippen LogP contribution in [0.5, 0.6) is 0 Å². The molecule has 0 aromatic heterocycles. The van der Waals surface area contributed by atoms with Crippen LogP contribution in [0.3, 0.4) is 0 Å². The summed E-state index contributed by atoms with van der Waals surface area (Å²) in [5.41, 5.74) is 1.28. The molecule has 1 aliphatic heterocycles. The molecule has 1 atom stereocenters. The summed E-state index contributed by atoms with van der Waals surface area (Å²) in [6.45, 7) is 9.23. The third kappa shape index (κ3) is 5.91. The fourth-order valence-corrected chi connectivity index (χ4v) is 3.60. The number of hydrogen-bond acceptors (Lipinski definition) is 3. The van der Waals surface area contributed by atoms with Crippen LogP contribution in [0.25, 0.3) is 0 Å². The second-order valence-electron chi connectivity index (χ2n) is 6.68. The van der Waals surface area contributed by atoms with Crippen LogP contribution >= 0.6 is 0 Å². The van der Waals surface area contributed by atoms with E-state index in [0.29, 0.717) is 18.9 Å². The molecule has 1 aliphatic rings. The minimum absolute atomic E-state index is 0.196. The summed E-state index contributed by atoms with van der Waals surface area (Å²) >= 11 is 0. The van der Waals surface area contributed by atoms with Gasteiger partial charge in [-0.25, -0.2) is 0 Å². The molecule has 4 heteroatoms. The molecule has 2 rings (SSSR count). The van der Waals surface area contributed by atoms with Crippen molar-refractivity contribution in [2.45, 2.75) is 45.6 Å². The van der Waals surface area contributed by atoms with Gasteiger partial charge < -0.3 is 10.6 Å². The Hall–Kier alpha value is -1.39. The van der Waals surface area contributed by atoms with Gasteiger partial charge in [-0.15, -0.1) is 0 Å². The third-order valence-corrected chi connectivity index (χ3v) is 5.17. The van der Waals surface area contributed by atoms with Crippen molar-refractivity contribution in [1.82, 2.24) is 15.5 Å². The molecule has 1 saturated heterocycles. The first-order chi connectivity index (χ1) is 11.7. The molecule has 1 aromatic rings. The van der Waals surface area contributed by atoms with Gasteiger partial charge >= 0.3 is 0 Å². The SMILES string of the molecule is CCN(CC)C(CNC(=O)CCC1CCNCC1)c1ccccc1. The van der Waals surface area contributed by atoms with Crippen molar-refractivity contribution in [3.63, 3.8) is 0 Å². The van der Waals surface area contributed by atoms with E-state index in [9.17, 15) is 4.79 Å². The largest absolute Gasteiger partial charge is 0.354 e. The molecule has 2 N–H and O–H groups in total. The molecule has 1 fully saturated rings. The Morgan fingerprint density at radius 3 is 2.50 bits per heavy atom. The van der Waals surface area contributed by atoms with Crippen molar-refractivity contribution in [3.8, 4) is 0 Å². The van der Waals surface area contributed by atoms with Gasteiger partial charge in [0.2, 0.25) is 5.91 Å². The molecule has 4 nitrogen and oxygen atoms in total. The minimum Gasteiger partial charge on any atom is -0.354 e. The number of likely N-dealkylation sites (N-methyl/N-ethyl adjacent to an activating group) is 1. The number of piperidine rings is 1. The molecule has 1 unspecified atom stereocenters. The molecule has 0 aliphatic carbocycles. The van der Waals surface area contributed by atoms with Gasteiger partial charge in [0.1, 0.15) is 0 Å².